The molecule has 43 heavy (non-hydrogen) atoms. The molecule has 7 nitrogen and oxygen atoms in total. The zero-order valence-electron chi connectivity index (χ0n) is 25.4. The van der Waals surface area contributed by atoms with Crippen molar-refractivity contribution >= 4 is 34.3 Å². The van der Waals surface area contributed by atoms with Gasteiger partial charge in [-0.25, -0.2) is 4.79 Å². The molecule has 1 fully saturated rings. The van der Waals surface area contributed by atoms with Gasteiger partial charge in [0.15, 0.2) is 6.29 Å². The third kappa shape index (κ3) is 4.82. The van der Waals surface area contributed by atoms with E-state index in [1.54, 1.807) is 30.3 Å². The summed E-state index contributed by atoms with van der Waals surface area (Å²) >= 11 is 0. The summed E-state index contributed by atoms with van der Waals surface area (Å²) in [6, 6.07) is 24.8. The van der Waals surface area contributed by atoms with Crippen LogP contribution in [0.2, 0.25) is 0 Å². The Morgan fingerprint density at radius 3 is 2.42 bits per heavy atom. The van der Waals surface area contributed by atoms with Crippen LogP contribution in [-0.2, 0) is 10.2 Å². The first-order chi connectivity index (χ1) is 20.9. The van der Waals surface area contributed by atoms with Crippen LogP contribution in [-0.4, -0.2) is 37.9 Å². The molecule has 3 aliphatic heterocycles. The summed E-state index contributed by atoms with van der Waals surface area (Å²) in [5.41, 5.74) is 2.39. The molecular weight excluding hydrogens is 540 g/mol. The van der Waals surface area contributed by atoms with Gasteiger partial charge in [-0.2, -0.15) is 0 Å². The van der Waals surface area contributed by atoms with Crippen LogP contribution >= 0.6 is 0 Å². The number of rotatable bonds is 4. The smallest absolute Gasteiger partial charge is 0.344 e. The van der Waals surface area contributed by atoms with Crippen molar-refractivity contribution in [1.29, 1.82) is 0 Å². The van der Waals surface area contributed by atoms with E-state index in [2.05, 4.69) is 36.9 Å². The summed E-state index contributed by atoms with van der Waals surface area (Å²) in [4.78, 5) is 20.4. The molecule has 7 rings (SSSR count). The summed E-state index contributed by atoms with van der Waals surface area (Å²) in [5, 5.41) is 1.58. The second-order valence-corrected chi connectivity index (χ2v) is 11.3. The van der Waals surface area contributed by atoms with Crippen LogP contribution in [0, 0.1) is 0 Å². The van der Waals surface area contributed by atoms with Gasteiger partial charge in [0.2, 0.25) is 5.72 Å². The fourth-order valence-corrected chi connectivity index (χ4v) is 6.30. The molecule has 2 atom stereocenters. The fourth-order valence-electron chi connectivity index (χ4n) is 6.30. The lowest BCUT2D eigenvalue weighted by Gasteiger charge is -2.45. The Balaban J connectivity index is 0.00000161. The molecule has 3 aliphatic rings. The Morgan fingerprint density at radius 1 is 0.907 bits per heavy atom. The van der Waals surface area contributed by atoms with E-state index in [0.717, 1.165) is 42.3 Å². The van der Waals surface area contributed by atoms with Gasteiger partial charge in [0.25, 0.3) is 0 Å². The van der Waals surface area contributed by atoms with Crippen molar-refractivity contribution in [3.63, 3.8) is 0 Å². The zero-order valence-corrected chi connectivity index (χ0v) is 25.4. The summed E-state index contributed by atoms with van der Waals surface area (Å²) < 4.78 is 24.1. The number of hydrogen-bond donors (Lipinski definition) is 0. The molecule has 0 aliphatic carbocycles. The molecular formula is C36H38N2O5. The Bertz CT molecular complexity index is 1670. The number of nitrogens with zero attached hydrogens (tertiary/aromatic N) is 2. The number of carbonyl (C=O) groups is 1. The van der Waals surface area contributed by atoms with E-state index in [1.165, 1.54) is 5.56 Å². The van der Waals surface area contributed by atoms with Crippen molar-refractivity contribution < 1.29 is 23.7 Å². The monoisotopic (exact) mass is 578 g/mol. The van der Waals surface area contributed by atoms with Crippen molar-refractivity contribution in [1.82, 2.24) is 0 Å². The number of benzene rings is 4. The van der Waals surface area contributed by atoms with E-state index in [4.69, 9.17) is 23.9 Å². The van der Waals surface area contributed by atoms with Crippen molar-refractivity contribution in [2.45, 2.75) is 64.4 Å². The Morgan fingerprint density at radius 2 is 1.67 bits per heavy atom. The molecule has 0 aromatic heterocycles. The van der Waals surface area contributed by atoms with Crippen LogP contribution in [0.4, 0.5) is 11.4 Å². The van der Waals surface area contributed by atoms with E-state index in [-0.39, 0.29) is 11.7 Å². The zero-order chi connectivity index (χ0) is 30.2. The maximum atomic E-state index is 13.3. The quantitative estimate of drug-likeness (QED) is 0.180. The highest BCUT2D eigenvalue weighted by molar-refractivity contribution is 6.10. The van der Waals surface area contributed by atoms with Crippen LogP contribution in [0.1, 0.15) is 62.9 Å². The van der Waals surface area contributed by atoms with Gasteiger partial charge in [0.1, 0.15) is 22.9 Å². The predicted molar refractivity (Wildman–Crippen MR) is 170 cm³/mol. The maximum Gasteiger partial charge on any atom is 0.344 e. The molecule has 4 aromatic rings. The lowest BCUT2D eigenvalue weighted by Crippen LogP contribution is -2.61. The van der Waals surface area contributed by atoms with Gasteiger partial charge in [-0.1, -0.05) is 44.2 Å². The number of carbonyl (C=O) groups excluding carboxylic acids is 1. The number of ether oxygens (including phenoxy) is 4. The van der Waals surface area contributed by atoms with E-state index in [1.807, 2.05) is 57.4 Å². The average molecular weight is 579 g/mol. The summed E-state index contributed by atoms with van der Waals surface area (Å²) in [7, 11) is 2.04. The van der Waals surface area contributed by atoms with E-state index >= 15 is 0 Å². The summed E-state index contributed by atoms with van der Waals surface area (Å²) in [5.74, 6) is 1.36. The molecule has 2 unspecified atom stereocenters. The van der Waals surface area contributed by atoms with Crippen molar-refractivity contribution in [2.75, 3.05) is 18.6 Å². The van der Waals surface area contributed by atoms with E-state index in [0.29, 0.717) is 28.5 Å². The first-order valence-electron chi connectivity index (χ1n) is 15.1. The second kappa shape index (κ2) is 11.4. The first-order valence-corrected chi connectivity index (χ1v) is 15.1. The molecule has 0 radical (unpaired) electrons. The number of anilines is 1. The largest absolute Gasteiger partial charge is 0.465 e. The molecule has 7 heteroatoms. The number of likely N-dealkylation sites (N-methyl/N-ethyl adjacent to an activating group) is 1. The van der Waals surface area contributed by atoms with Crippen molar-refractivity contribution in [3.8, 4) is 17.2 Å². The minimum atomic E-state index is -0.771. The number of fused-ring (bicyclic) bond motifs is 4. The minimum Gasteiger partial charge on any atom is -0.465 e. The molecule has 0 N–H and O–H groups in total. The van der Waals surface area contributed by atoms with Crippen molar-refractivity contribution in [3.05, 3.63) is 90.0 Å². The van der Waals surface area contributed by atoms with Crippen LogP contribution in [0.5, 0.6) is 17.2 Å². The number of para-hydroxylation sites is 1. The topological polar surface area (TPSA) is 69.6 Å². The van der Waals surface area contributed by atoms with E-state index < -0.39 is 11.7 Å². The Labute approximate surface area is 253 Å². The summed E-state index contributed by atoms with van der Waals surface area (Å²) in [6.07, 6.45) is 4.71. The molecule has 1 saturated heterocycles. The van der Waals surface area contributed by atoms with Gasteiger partial charge in [-0.05, 0) is 86.2 Å². The highest BCUT2D eigenvalue weighted by Gasteiger charge is 2.58. The lowest BCUT2D eigenvalue weighted by atomic mass is 9.77. The molecule has 3 heterocycles. The van der Waals surface area contributed by atoms with Crippen LogP contribution in [0.15, 0.2) is 83.9 Å². The highest BCUT2D eigenvalue weighted by Crippen LogP contribution is 2.54. The molecule has 0 saturated carbocycles. The van der Waals surface area contributed by atoms with Gasteiger partial charge >= 0.3 is 5.97 Å². The number of esters is 1. The number of aliphatic imine (C=N–C) groups is 1. The van der Waals surface area contributed by atoms with E-state index in [9.17, 15) is 4.79 Å². The van der Waals surface area contributed by atoms with Gasteiger partial charge in [-0.3, -0.25) is 4.99 Å². The Hall–Kier alpha value is -4.36. The molecule has 0 bridgehead atoms. The SMILES string of the molecule is CC.CN1c2ccccc2C(C)(C)C12C=Nc1c(ccc3c(C(=O)Oc4ccc(OC5CCCCO5)cc4)cccc13)O2. The Kier molecular flexibility index (Phi) is 7.61. The maximum absolute atomic E-state index is 13.3. The standard InChI is InChI=1S/C34H32N2O5.C2H6/c1-33(2)27-11-4-5-12-28(27)36(3)34(33)21-35-31-25-9-8-10-26(24(25)18-19-29(31)41-34)32(37)40-23-16-14-22(15-17-23)39-30-13-6-7-20-38-30;1-2/h4-5,8-12,14-19,21,30H,6-7,13,20H2,1-3H3;1-2H3. The van der Waals surface area contributed by atoms with Gasteiger partial charge in [0, 0.05) is 24.5 Å². The molecule has 1 spiro atoms. The van der Waals surface area contributed by atoms with Crippen molar-refractivity contribution in [2.24, 2.45) is 4.99 Å². The third-order valence-electron chi connectivity index (χ3n) is 8.62. The third-order valence-corrected chi connectivity index (χ3v) is 8.62. The van der Waals surface area contributed by atoms with Gasteiger partial charge in [-0.15, -0.1) is 0 Å². The van der Waals surface area contributed by atoms with Gasteiger partial charge in [0.05, 0.1) is 23.8 Å². The predicted octanol–water partition coefficient (Wildman–Crippen LogP) is 8.21. The molecule has 222 valence electrons. The van der Waals surface area contributed by atoms with Crippen LogP contribution in [0.3, 0.4) is 0 Å². The van der Waals surface area contributed by atoms with Crippen LogP contribution < -0.4 is 19.1 Å². The average Bonchev–Trinajstić information content (AvgIpc) is 3.20. The highest BCUT2D eigenvalue weighted by atomic mass is 16.7. The first kappa shape index (κ1) is 28.7. The molecule has 4 aromatic carbocycles. The summed E-state index contributed by atoms with van der Waals surface area (Å²) in [6.45, 7) is 9.09. The number of hydrogen-bond acceptors (Lipinski definition) is 7. The minimum absolute atomic E-state index is 0.226. The fraction of sp³-hybridized carbons (Fsp3) is 0.333. The second-order valence-electron chi connectivity index (χ2n) is 11.3. The lowest BCUT2D eigenvalue weighted by molar-refractivity contribution is -0.105. The van der Waals surface area contributed by atoms with Crippen LogP contribution in [0.25, 0.3) is 10.8 Å². The molecule has 0 amide bonds. The van der Waals surface area contributed by atoms with Gasteiger partial charge < -0.3 is 23.8 Å². The normalized spacial score (nSPS) is 21.3.